The Labute approximate surface area is 179 Å². The summed E-state index contributed by atoms with van der Waals surface area (Å²) >= 11 is 1.67. The Bertz CT molecular complexity index is 1450. The second kappa shape index (κ2) is 7.43. The van der Waals surface area contributed by atoms with Crippen LogP contribution in [0, 0.1) is 6.92 Å². The lowest BCUT2D eigenvalue weighted by Crippen LogP contribution is -2.03. The number of rotatable bonds is 3. The average Bonchev–Trinajstić information content (AvgIpc) is 2.79. The highest BCUT2D eigenvalue weighted by atomic mass is 32.1. The summed E-state index contributed by atoms with van der Waals surface area (Å²) in [6.07, 6.45) is 0. The van der Waals surface area contributed by atoms with Crippen molar-refractivity contribution in [3.05, 3.63) is 101 Å². The van der Waals surface area contributed by atoms with Gasteiger partial charge in [0.05, 0.1) is 7.11 Å². The Balaban J connectivity index is 1.89. The molecule has 30 heavy (non-hydrogen) atoms. The van der Waals surface area contributed by atoms with Gasteiger partial charge in [-0.3, -0.25) is 4.79 Å². The van der Waals surface area contributed by atoms with Gasteiger partial charge in [-0.1, -0.05) is 48.5 Å². The molecule has 0 amide bonds. The second-order valence-corrected chi connectivity index (χ2v) is 8.45. The summed E-state index contributed by atoms with van der Waals surface area (Å²) in [5.41, 5.74) is 5.57. The molecule has 1 aromatic heterocycles. The first-order chi connectivity index (χ1) is 14.7. The quantitative estimate of drug-likeness (QED) is 0.299. The molecule has 0 bridgehead atoms. The van der Waals surface area contributed by atoms with Gasteiger partial charge in [0, 0.05) is 20.2 Å². The van der Waals surface area contributed by atoms with Crippen molar-refractivity contribution in [3.63, 3.8) is 0 Å². The molecular weight excluding hydrogens is 388 g/mol. The van der Waals surface area contributed by atoms with E-state index in [9.17, 15) is 4.79 Å². The Morgan fingerprint density at radius 2 is 1.47 bits per heavy atom. The maximum absolute atomic E-state index is 13.5. The molecule has 0 aliphatic carbocycles. The van der Waals surface area contributed by atoms with Gasteiger partial charge in [-0.25, -0.2) is 0 Å². The maximum atomic E-state index is 13.5. The van der Waals surface area contributed by atoms with Gasteiger partial charge >= 0.3 is 0 Å². The Morgan fingerprint density at radius 1 is 0.733 bits per heavy atom. The highest BCUT2D eigenvalue weighted by molar-refractivity contribution is 7.24. The minimum atomic E-state index is 0.0847. The van der Waals surface area contributed by atoms with Crippen LogP contribution in [-0.2, 0) is 0 Å². The zero-order valence-electron chi connectivity index (χ0n) is 16.8. The first-order valence-corrected chi connectivity index (χ1v) is 10.7. The molecule has 0 N–H and O–H groups in total. The van der Waals surface area contributed by atoms with Crippen LogP contribution < -0.4 is 10.2 Å². The maximum Gasteiger partial charge on any atom is 0.196 e. The molecule has 146 valence electrons. The first kappa shape index (κ1) is 18.6. The van der Waals surface area contributed by atoms with Crippen molar-refractivity contribution < 1.29 is 4.74 Å². The number of ether oxygens (including phenoxy) is 1. The summed E-state index contributed by atoms with van der Waals surface area (Å²) in [6.45, 7) is 2.12. The third-order valence-corrected chi connectivity index (χ3v) is 6.66. The molecule has 0 saturated carbocycles. The summed E-state index contributed by atoms with van der Waals surface area (Å²) in [6, 6.07) is 28.5. The lowest BCUT2D eigenvalue weighted by Gasteiger charge is -2.13. The molecular formula is C27H20O2S. The predicted octanol–water partition coefficient (Wildman–Crippen LogP) is 7.07. The van der Waals surface area contributed by atoms with Crippen molar-refractivity contribution >= 4 is 31.5 Å². The van der Waals surface area contributed by atoms with Crippen LogP contribution in [0.1, 0.15) is 5.56 Å². The topological polar surface area (TPSA) is 26.3 Å². The molecule has 3 heteroatoms. The second-order valence-electron chi connectivity index (χ2n) is 7.37. The van der Waals surface area contributed by atoms with Gasteiger partial charge in [-0.15, -0.1) is 11.3 Å². The van der Waals surface area contributed by atoms with Crippen LogP contribution in [0.4, 0.5) is 0 Å². The molecule has 0 aliphatic heterocycles. The van der Waals surface area contributed by atoms with Crippen molar-refractivity contribution in [2.24, 2.45) is 0 Å². The lowest BCUT2D eigenvalue weighted by molar-refractivity contribution is 0.415. The third-order valence-electron chi connectivity index (χ3n) is 5.54. The van der Waals surface area contributed by atoms with Crippen LogP contribution in [-0.4, -0.2) is 7.11 Å². The van der Waals surface area contributed by atoms with E-state index in [1.807, 2.05) is 48.5 Å². The third kappa shape index (κ3) is 3.08. The zero-order valence-corrected chi connectivity index (χ0v) is 17.6. The fourth-order valence-corrected chi connectivity index (χ4v) is 5.12. The van der Waals surface area contributed by atoms with E-state index in [1.165, 1.54) is 11.1 Å². The van der Waals surface area contributed by atoms with Gasteiger partial charge in [0.1, 0.15) is 5.75 Å². The fraction of sp³-hybridized carbons (Fsp3) is 0.0741. The van der Waals surface area contributed by atoms with Gasteiger partial charge in [0.15, 0.2) is 5.43 Å². The van der Waals surface area contributed by atoms with Crippen molar-refractivity contribution in [1.82, 2.24) is 0 Å². The van der Waals surface area contributed by atoms with Crippen LogP contribution in [0.5, 0.6) is 5.75 Å². The van der Waals surface area contributed by atoms with Crippen molar-refractivity contribution in [2.75, 3.05) is 7.11 Å². The van der Waals surface area contributed by atoms with Gasteiger partial charge in [-0.2, -0.15) is 0 Å². The van der Waals surface area contributed by atoms with E-state index in [2.05, 4.69) is 43.3 Å². The van der Waals surface area contributed by atoms with Crippen LogP contribution >= 0.6 is 11.3 Å². The summed E-state index contributed by atoms with van der Waals surface area (Å²) < 4.78 is 7.34. The number of fused-ring (bicyclic) bond motifs is 2. The number of benzene rings is 4. The van der Waals surface area contributed by atoms with Crippen molar-refractivity contribution in [1.29, 1.82) is 0 Å². The van der Waals surface area contributed by atoms with Gasteiger partial charge in [0.2, 0.25) is 0 Å². The number of hydrogen-bond donors (Lipinski definition) is 0. The van der Waals surface area contributed by atoms with Gasteiger partial charge < -0.3 is 4.74 Å². The standard InChI is InChI=1S/C27H20O2S/c1-17-7-3-4-8-21(17)19-15-23(18-11-13-20(29-2)14-12-18)26-25(16-19)30-24-10-6-5-9-22(24)27(26)28/h3-16H,1-2H3. The predicted molar refractivity (Wildman–Crippen MR) is 128 cm³/mol. The largest absolute Gasteiger partial charge is 0.497 e. The van der Waals surface area contributed by atoms with Crippen molar-refractivity contribution in [3.8, 4) is 28.0 Å². The highest BCUT2D eigenvalue weighted by Crippen LogP contribution is 2.37. The van der Waals surface area contributed by atoms with E-state index in [1.54, 1.807) is 18.4 Å². The Morgan fingerprint density at radius 3 is 2.23 bits per heavy atom. The van der Waals surface area contributed by atoms with E-state index in [0.29, 0.717) is 0 Å². The monoisotopic (exact) mass is 408 g/mol. The van der Waals surface area contributed by atoms with Gasteiger partial charge in [0.25, 0.3) is 0 Å². The molecule has 0 radical (unpaired) electrons. The van der Waals surface area contributed by atoms with Crippen molar-refractivity contribution in [2.45, 2.75) is 6.92 Å². The number of methoxy groups -OCH3 is 1. The Hall–Kier alpha value is -3.43. The Kier molecular flexibility index (Phi) is 4.61. The molecule has 0 unspecified atom stereocenters. The molecule has 0 atom stereocenters. The minimum Gasteiger partial charge on any atom is -0.497 e. The van der Waals surface area contributed by atoms with E-state index >= 15 is 0 Å². The SMILES string of the molecule is COc1ccc(-c2cc(-c3ccccc3C)cc3sc4ccccc4c(=O)c23)cc1. The van der Waals surface area contributed by atoms with E-state index in [0.717, 1.165) is 42.6 Å². The molecule has 0 saturated heterocycles. The van der Waals surface area contributed by atoms with E-state index < -0.39 is 0 Å². The highest BCUT2D eigenvalue weighted by Gasteiger charge is 2.15. The van der Waals surface area contributed by atoms with Crippen LogP contribution in [0.25, 0.3) is 42.4 Å². The smallest absolute Gasteiger partial charge is 0.196 e. The molecule has 2 nitrogen and oxygen atoms in total. The fourth-order valence-electron chi connectivity index (χ4n) is 3.98. The summed E-state index contributed by atoms with van der Waals surface area (Å²) in [7, 11) is 1.66. The van der Waals surface area contributed by atoms with Crippen LogP contribution in [0.3, 0.4) is 0 Å². The molecule has 5 rings (SSSR count). The van der Waals surface area contributed by atoms with E-state index in [-0.39, 0.29) is 5.43 Å². The lowest BCUT2D eigenvalue weighted by atomic mass is 9.93. The number of hydrogen-bond acceptors (Lipinski definition) is 3. The summed E-state index contributed by atoms with van der Waals surface area (Å²) in [4.78, 5) is 13.5. The molecule has 4 aromatic carbocycles. The minimum absolute atomic E-state index is 0.0847. The van der Waals surface area contributed by atoms with Crippen LogP contribution in [0.2, 0.25) is 0 Å². The average molecular weight is 409 g/mol. The molecule has 1 heterocycles. The summed E-state index contributed by atoms with van der Waals surface area (Å²) in [5, 5.41) is 1.55. The normalized spacial score (nSPS) is 11.1. The van der Waals surface area contributed by atoms with Gasteiger partial charge in [-0.05, 0) is 71.1 Å². The zero-order chi connectivity index (χ0) is 20.7. The van der Waals surface area contributed by atoms with Crippen LogP contribution in [0.15, 0.2) is 89.7 Å². The number of aryl methyl sites for hydroxylation is 1. The molecule has 5 aromatic rings. The molecule has 0 spiro atoms. The molecule has 0 fully saturated rings. The molecule has 0 aliphatic rings. The summed E-state index contributed by atoms with van der Waals surface area (Å²) in [5.74, 6) is 0.800. The first-order valence-electron chi connectivity index (χ1n) is 9.86. The van der Waals surface area contributed by atoms with E-state index in [4.69, 9.17) is 4.74 Å².